The number of carboxylic acids is 1. The van der Waals surface area contributed by atoms with Crippen LogP contribution in [0.1, 0.15) is 17.2 Å². The Morgan fingerprint density at radius 3 is 2.86 bits per heavy atom. The van der Waals surface area contributed by atoms with Gasteiger partial charge in [0.1, 0.15) is 4.34 Å². The number of rotatable bonds is 5. The van der Waals surface area contributed by atoms with Crippen LogP contribution >= 0.6 is 34.5 Å². The molecule has 2 aromatic heterocycles. The van der Waals surface area contributed by atoms with Crippen molar-refractivity contribution in [3.8, 4) is 5.88 Å². The zero-order chi connectivity index (χ0) is 19.8. The second-order valence-electron chi connectivity index (χ2n) is 6.36. The third-order valence-electron chi connectivity index (χ3n) is 4.56. The fourth-order valence-corrected chi connectivity index (χ4v) is 4.88. The number of thiophene rings is 1. The maximum Gasteiger partial charge on any atom is 0.414 e. The summed E-state index contributed by atoms with van der Waals surface area (Å²) in [4.78, 5) is 26.3. The van der Waals surface area contributed by atoms with Crippen molar-refractivity contribution in [2.75, 3.05) is 6.54 Å². The van der Waals surface area contributed by atoms with E-state index in [2.05, 4.69) is 15.6 Å². The summed E-state index contributed by atoms with van der Waals surface area (Å²) in [5, 5.41) is 15.2. The lowest BCUT2D eigenvalue weighted by Crippen LogP contribution is -2.44. The number of ether oxygens (including phenoxy) is 1. The quantitative estimate of drug-likeness (QED) is 0.481. The molecule has 0 saturated carbocycles. The number of carboxylic acid groups (broad SMARTS) is 1. The van der Waals surface area contributed by atoms with E-state index in [1.54, 1.807) is 6.07 Å². The minimum absolute atomic E-state index is 0.210. The van der Waals surface area contributed by atoms with Gasteiger partial charge in [0.15, 0.2) is 0 Å². The molecule has 2 heterocycles. The van der Waals surface area contributed by atoms with E-state index in [0.29, 0.717) is 21.3 Å². The van der Waals surface area contributed by atoms with Gasteiger partial charge in [0.05, 0.1) is 33.9 Å². The number of aromatic nitrogens is 1. The highest BCUT2D eigenvalue weighted by molar-refractivity contribution is 7.23. The molecular weight excluding hydrogens is 425 g/mol. The lowest BCUT2D eigenvalue weighted by atomic mass is 10.1. The van der Waals surface area contributed by atoms with Gasteiger partial charge in [-0.25, -0.2) is 4.79 Å². The van der Waals surface area contributed by atoms with E-state index in [-0.39, 0.29) is 24.5 Å². The van der Waals surface area contributed by atoms with Crippen LogP contribution < -0.4 is 15.4 Å². The van der Waals surface area contributed by atoms with Crippen LogP contribution in [0.3, 0.4) is 0 Å². The van der Waals surface area contributed by atoms with Gasteiger partial charge in [-0.3, -0.25) is 10.1 Å². The van der Waals surface area contributed by atoms with Crippen LogP contribution in [0.15, 0.2) is 30.3 Å². The van der Waals surface area contributed by atoms with Crippen LogP contribution in [0, 0.1) is 0 Å². The first-order chi connectivity index (χ1) is 13.4. The lowest BCUT2D eigenvalue weighted by molar-refractivity contribution is -0.136. The summed E-state index contributed by atoms with van der Waals surface area (Å²) < 4.78 is 6.59. The second kappa shape index (κ2) is 7.63. The molecule has 0 unspecified atom stereocenters. The predicted octanol–water partition coefficient (Wildman–Crippen LogP) is 3.96. The fraction of sp³-hybridized carbons (Fsp3) is 0.222. The molecule has 2 atom stereocenters. The van der Waals surface area contributed by atoms with Gasteiger partial charge >= 0.3 is 12.1 Å². The van der Waals surface area contributed by atoms with Gasteiger partial charge in [0.2, 0.25) is 5.88 Å². The van der Waals surface area contributed by atoms with Gasteiger partial charge in [-0.05, 0) is 17.5 Å². The van der Waals surface area contributed by atoms with Crippen molar-refractivity contribution in [3.05, 3.63) is 50.8 Å². The average Bonchev–Trinajstić information content (AvgIpc) is 3.26. The Kier molecular flexibility index (Phi) is 5.20. The highest BCUT2D eigenvalue weighted by Crippen LogP contribution is 2.40. The second-order valence-corrected chi connectivity index (χ2v) is 8.39. The highest BCUT2D eigenvalue weighted by Gasteiger charge is 2.34. The molecule has 1 aromatic carbocycles. The molecule has 0 bridgehead atoms. The van der Waals surface area contributed by atoms with E-state index in [0.717, 1.165) is 15.8 Å². The number of fused-ring (bicyclic) bond motifs is 2. The molecule has 10 heteroatoms. The van der Waals surface area contributed by atoms with Crippen molar-refractivity contribution in [1.29, 1.82) is 0 Å². The number of carbonyl (C=O) groups excluding carboxylic acids is 1. The Morgan fingerprint density at radius 1 is 1.32 bits per heavy atom. The van der Waals surface area contributed by atoms with E-state index >= 15 is 0 Å². The number of nitrogens with one attached hydrogen (secondary N) is 3. The maximum atomic E-state index is 12.4. The first kappa shape index (κ1) is 19.1. The largest absolute Gasteiger partial charge is 0.480 e. The Bertz CT molecular complexity index is 1060. The van der Waals surface area contributed by atoms with Gasteiger partial charge in [0.25, 0.3) is 0 Å². The summed E-state index contributed by atoms with van der Waals surface area (Å²) in [6.45, 7) is -0.210. The van der Waals surface area contributed by atoms with Gasteiger partial charge in [-0.1, -0.05) is 47.5 Å². The summed E-state index contributed by atoms with van der Waals surface area (Å²) in [5.74, 6) is -0.712. The van der Waals surface area contributed by atoms with Crippen LogP contribution in [-0.2, 0) is 11.2 Å². The van der Waals surface area contributed by atoms with Crippen molar-refractivity contribution in [1.82, 2.24) is 15.6 Å². The number of H-pyrrole nitrogens is 1. The number of aliphatic carboxylic acids is 1. The number of halogens is 2. The SMILES string of the molecule is O=C(O)CN[C@@H]1c2ccccc2C[C@H]1NC(=O)Oc1cc2sc(Cl)c(Cl)c2[nH]1. The predicted molar refractivity (Wildman–Crippen MR) is 108 cm³/mol. The van der Waals surface area contributed by atoms with E-state index in [4.69, 9.17) is 33.0 Å². The summed E-state index contributed by atoms with van der Waals surface area (Å²) >= 11 is 13.4. The van der Waals surface area contributed by atoms with E-state index in [1.807, 2.05) is 24.3 Å². The minimum Gasteiger partial charge on any atom is -0.480 e. The molecule has 1 aliphatic carbocycles. The molecular formula is C18H15Cl2N3O4S. The van der Waals surface area contributed by atoms with E-state index in [9.17, 15) is 9.59 Å². The average molecular weight is 440 g/mol. The monoisotopic (exact) mass is 439 g/mol. The molecule has 1 aliphatic rings. The van der Waals surface area contributed by atoms with Crippen LogP contribution in [0.2, 0.25) is 9.36 Å². The van der Waals surface area contributed by atoms with Crippen LogP contribution in [-0.4, -0.2) is 34.7 Å². The molecule has 28 heavy (non-hydrogen) atoms. The van der Waals surface area contributed by atoms with Gasteiger partial charge < -0.3 is 20.1 Å². The van der Waals surface area contributed by atoms with Gasteiger partial charge in [0, 0.05) is 6.07 Å². The highest BCUT2D eigenvalue weighted by atomic mass is 35.5. The fourth-order valence-electron chi connectivity index (χ4n) is 3.41. The molecule has 0 spiro atoms. The summed E-state index contributed by atoms with van der Waals surface area (Å²) in [6, 6.07) is 8.68. The Morgan fingerprint density at radius 2 is 2.11 bits per heavy atom. The Labute approximate surface area is 173 Å². The van der Waals surface area contributed by atoms with Crippen LogP contribution in [0.25, 0.3) is 10.2 Å². The molecule has 4 rings (SSSR count). The molecule has 1 amide bonds. The van der Waals surface area contributed by atoms with E-state index < -0.39 is 12.1 Å². The topological polar surface area (TPSA) is 103 Å². The van der Waals surface area contributed by atoms with E-state index in [1.165, 1.54) is 11.3 Å². The normalized spacial score (nSPS) is 18.2. The number of benzene rings is 1. The van der Waals surface area contributed by atoms with Crippen molar-refractivity contribution in [2.24, 2.45) is 0 Å². The molecule has 0 aliphatic heterocycles. The first-order valence-corrected chi connectivity index (χ1v) is 9.97. The molecule has 146 valence electrons. The standard InChI is InChI=1S/C18H15Cl2N3O4S/c19-14-16-11(28-17(14)20)6-12(23-16)27-18(26)22-10-5-8-3-1-2-4-9(8)15(10)21-7-13(24)25/h1-4,6,10,15,21,23H,5,7H2,(H,22,26)(H,24,25)/t10-,15-/m1/s1. The summed E-state index contributed by atoms with van der Waals surface area (Å²) in [5.41, 5.74) is 2.64. The summed E-state index contributed by atoms with van der Waals surface area (Å²) in [6.07, 6.45) is -0.0693. The third-order valence-corrected chi connectivity index (χ3v) is 6.49. The number of hydrogen-bond acceptors (Lipinski definition) is 5. The third kappa shape index (κ3) is 3.68. The number of carbonyl (C=O) groups is 2. The van der Waals surface area contributed by atoms with Crippen molar-refractivity contribution in [3.63, 3.8) is 0 Å². The number of amides is 1. The number of aromatic amines is 1. The maximum absolute atomic E-state index is 12.4. The zero-order valence-corrected chi connectivity index (χ0v) is 16.6. The van der Waals surface area contributed by atoms with Crippen LogP contribution in [0.5, 0.6) is 5.88 Å². The minimum atomic E-state index is -0.965. The molecule has 0 fully saturated rings. The molecule has 7 nitrogen and oxygen atoms in total. The molecule has 0 radical (unpaired) electrons. The Hall–Kier alpha value is -2.26. The number of hydrogen-bond donors (Lipinski definition) is 4. The van der Waals surface area contributed by atoms with Crippen molar-refractivity contribution in [2.45, 2.75) is 18.5 Å². The van der Waals surface area contributed by atoms with Gasteiger partial charge in [-0.15, -0.1) is 11.3 Å². The smallest absolute Gasteiger partial charge is 0.414 e. The van der Waals surface area contributed by atoms with Crippen molar-refractivity contribution >= 4 is 56.8 Å². The first-order valence-electron chi connectivity index (χ1n) is 8.40. The van der Waals surface area contributed by atoms with Crippen LogP contribution in [0.4, 0.5) is 4.79 Å². The Balaban J connectivity index is 1.46. The van der Waals surface area contributed by atoms with Crippen molar-refractivity contribution < 1.29 is 19.4 Å². The molecule has 0 saturated heterocycles. The van der Waals surface area contributed by atoms with Gasteiger partial charge in [-0.2, -0.15) is 0 Å². The zero-order valence-electron chi connectivity index (χ0n) is 14.3. The lowest BCUT2D eigenvalue weighted by Gasteiger charge is -2.22. The molecule has 4 N–H and O–H groups in total. The summed E-state index contributed by atoms with van der Waals surface area (Å²) in [7, 11) is 0. The molecule has 3 aromatic rings.